The second kappa shape index (κ2) is 7.35. The molecule has 0 saturated carbocycles. The Kier molecular flexibility index (Phi) is 5.78. The first-order valence-corrected chi connectivity index (χ1v) is 6.17. The van der Waals surface area contributed by atoms with Gasteiger partial charge >= 0.3 is 12.0 Å². The highest BCUT2D eigenvalue weighted by molar-refractivity contribution is 5.74. The standard InChI is InChI=1S/C13H19N3O3/c1-9(12(17)18)3-8-15-13(19)16-10(2)11-4-6-14-7-5-11/h4-7,9-10H,3,8H2,1-2H3,(H,17,18)(H2,15,16,19). The van der Waals surface area contributed by atoms with E-state index in [2.05, 4.69) is 15.6 Å². The lowest BCUT2D eigenvalue weighted by molar-refractivity contribution is -0.141. The van der Waals surface area contributed by atoms with Gasteiger partial charge in [-0.2, -0.15) is 0 Å². The third kappa shape index (κ3) is 5.37. The number of carbonyl (C=O) groups excluding carboxylic acids is 1. The molecule has 2 unspecified atom stereocenters. The van der Waals surface area contributed by atoms with Crippen molar-refractivity contribution in [3.05, 3.63) is 30.1 Å². The fourth-order valence-corrected chi connectivity index (χ4v) is 1.51. The number of nitrogens with one attached hydrogen (secondary N) is 2. The van der Waals surface area contributed by atoms with Crippen LogP contribution < -0.4 is 10.6 Å². The van der Waals surface area contributed by atoms with Crippen LogP contribution >= 0.6 is 0 Å². The number of aliphatic carboxylic acids is 1. The number of rotatable bonds is 6. The van der Waals surface area contributed by atoms with Gasteiger partial charge in [-0.3, -0.25) is 9.78 Å². The molecular formula is C13H19N3O3. The summed E-state index contributed by atoms with van der Waals surface area (Å²) in [5.41, 5.74) is 0.962. The van der Waals surface area contributed by atoms with Crippen LogP contribution in [0.1, 0.15) is 31.9 Å². The number of carboxylic acid groups (broad SMARTS) is 1. The van der Waals surface area contributed by atoms with Gasteiger partial charge in [0.2, 0.25) is 0 Å². The van der Waals surface area contributed by atoms with Crippen molar-refractivity contribution in [1.82, 2.24) is 15.6 Å². The minimum Gasteiger partial charge on any atom is -0.481 e. The second-order valence-electron chi connectivity index (χ2n) is 4.43. The topological polar surface area (TPSA) is 91.3 Å². The molecule has 1 heterocycles. The average molecular weight is 265 g/mol. The normalized spacial score (nSPS) is 13.4. The zero-order chi connectivity index (χ0) is 14.3. The summed E-state index contributed by atoms with van der Waals surface area (Å²) in [5, 5.41) is 14.1. The fourth-order valence-electron chi connectivity index (χ4n) is 1.51. The summed E-state index contributed by atoms with van der Waals surface area (Å²) in [6.45, 7) is 3.82. The number of urea groups is 1. The van der Waals surface area contributed by atoms with Crippen molar-refractivity contribution >= 4 is 12.0 Å². The zero-order valence-electron chi connectivity index (χ0n) is 11.1. The summed E-state index contributed by atoms with van der Waals surface area (Å²) in [4.78, 5) is 26.1. The smallest absolute Gasteiger partial charge is 0.315 e. The maximum absolute atomic E-state index is 11.6. The molecule has 2 amide bonds. The third-order valence-electron chi connectivity index (χ3n) is 2.84. The van der Waals surface area contributed by atoms with Gasteiger partial charge in [0.1, 0.15) is 0 Å². The second-order valence-corrected chi connectivity index (χ2v) is 4.43. The third-order valence-corrected chi connectivity index (χ3v) is 2.84. The number of carboxylic acids is 1. The van der Waals surface area contributed by atoms with E-state index in [-0.39, 0.29) is 12.1 Å². The molecule has 3 N–H and O–H groups in total. The molecule has 1 aromatic rings. The predicted octanol–water partition coefficient (Wildman–Crippen LogP) is 1.55. The molecule has 2 atom stereocenters. The molecule has 6 heteroatoms. The molecule has 19 heavy (non-hydrogen) atoms. The lowest BCUT2D eigenvalue weighted by Crippen LogP contribution is -2.38. The lowest BCUT2D eigenvalue weighted by atomic mass is 10.1. The summed E-state index contributed by atoms with van der Waals surface area (Å²) in [6.07, 6.45) is 3.74. The van der Waals surface area contributed by atoms with Gasteiger partial charge in [0, 0.05) is 18.9 Å². The van der Waals surface area contributed by atoms with Crippen molar-refractivity contribution in [2.45, 2.75) is 26.3 Å². The van der Waals surface area contributed by atoms with Gasteiger partial charge in [-0.1, -0.05) is 6.92 Å². The van der Waals surface area contributed by atoms with Crippen LogP contribution in [0.3, 0.4) is 0 Å². The molecule has 0 aromatic carbocycles. The number of hydrogen-bond donors (Lipinski definition) is 3. The monoisotopic (exact) mass is 265 g/mol. The van der Waals surface area contributed by atoms with Crippen molar-refractivity contribution < 1.29 is 14.7 Å². The number of aromatic nitrogens is 1. The van der Waals surface area contributed by atoms with E-state index >= 15 is 0 Å². The first-order chi connectivity index (χ1) is 9.00. The van der Waals surface area contributed by atoms with E-state index in [0.29, 0.717) is 13.0 Å². The Balaban J connectivity index is 2.30. The maximum atomic E-state index is 11.6. The number of carbonyl (C=O) groups is 2. The van der Waals surface area contributed by atoms with Gasteiger partial charge in [-0.15, -0.1) is 0 Å². The molecule has 0 saturated heterocycles. The molecule has 0 spiro atoms. The number of pyridine rings is 1. The predicted molar refractivity (Wildman–Crippen MR) is 70.6 cm³/mol. The zero-order valence-corrected chi connectivity index (χ0v) is 11.1. The molecule has 0 radical (unpaired) electrons. The Morgan fingerprint density at radius 3 is 2.53 bits per heavy atom. The Bertz CT molecular complexity index is 422. The van der Waals surface area contributed by atoms with Gasteiger partial charge < -0.3 is 15.7 Å². The van der Waals surface area contributed by atoms with Gasteiger partial charge in [0.15, 0.2) is 0 Å². The van der Waals surface area contributed by atoms with E-state index < -0.39 is 11.9 Å². The highest BCUT2D eigenvalue weighted by Crippen LogP contribution is 2.09. The molecule has 1 aromatic heterocycles. The Morgan fingerprint density at radius 2 is 1.95 bits per heavy atom. The van der Waals surface area contributed by atoms with Crippen molar-refractivity contribution in [2.75, 3.05) is 6.54 Å². The van der Waals surface area contributed by atoms with Gasteiger partial charge in [-0.05, 0) is 31.0 Å². The summed E-state index contributed by atoms with van der Waals surface area (Å²) >= 11 is 0. The van der Waals surface area contributed by atoms with Crippen molar-refractivity contribution in [3.8, 4) is 0 Å². The van der Waals surface area contributed by atoms with E-state index in [9.17, 15) is 9.59 Å². The van der Waals surface area contributed by atoms with Crippen molar-refractivity contribution in [3.63, 3.8) is 0 Å². The van der Waals surface area contributed by atoms with Gasteiger partial charge in [-0.25, -0.2) is 4.79 Å². The summed E-state index contributed by atoms with van der Waals surface area (Å²) in [7, 11) is 0. The van der Waals surface area contributed by atoms with Crippen molar-refractivity contribution in [2.24, 2.45) is 5.92 Å². The van der Waals surface area contributed by atoms with Crippen molar-refractivity contribution in [1.29, 1.82) is 0 Å². The van der Waals surface area contributed by atoms with Crippen LogP contribution in [0.2, 0.25) is 0 Å². The molecular weight excluding hydrogens is 246 g/mol. The number of amides is 2. The lowest BCUT2D eigenvalue weighted by Gasteiger charge is -2.15. The van der Waals surface area contributed by atoms with E-state index in [1.54, 1.807) is 19.3 Å². The minimum atomic E-state index is -0.854. The van der Waals surface area contributed by atoms with Crippen LogP contribution in [-0.2, 0) is 4.79 Å². The highest BCUT2D eigenvalue weighted by Gasteiger charge is 2.12. The molecule has 0 aliphatic heterocycles. The largest absolute Gasteiger partial charge is 0.481 e. The minimum absolute atomic E-state index is 0.125. The molecule has 0 aliphatic rings. The molecule has 104 valence electrons. The molecule has 0 aliphatic carbocycles. The van der Waals surface area contributed by atoms with Gasteiger partial charge in [0.05, 0.1) is 12.0 Å². The van der Waals surface area contributed by atoms with Crippen LogP contribution in [0, 0.1) is 5.92 Å². The number of nitrogens with zero attached hydrogens (tertiary/aromatic N) is 1. The van der Waals surface area contributed by atoms with Crippen LogP contribution in [-0.4, -0.2) is 28.6 Å². The molecule has 1 rings (SSSR count). The Hall–Kier alpha value is -2.11. The Morgan fingerprint density at radius 1 is 1.32 bits per heavy atom. The Labute approximate surface area is 112 Å². The average Bonchev–Trinajstić information content (AvgIpc) is 2.39. The summed E-state index contributed by atoms with van der Waals surface area (Å²) < 4.78 is 0. The molecule has 0 fully saturated rings. The fraction of sp³-hybridized carbons (Fsp3) is 0.462. The summed E-state index contributed by atoms with van der Waals surface area (Å²) in [5.74, 6) is -1.31. The van der Waals surface area contributed by atoms with E-state index in [4.69, 9.17) is 5.11 Å². The highest BCUT2D eigenvalue weighted by atomic mass is 16.4. The quantitative estimate of drug-likeness (QED) is 0.727. The van der Waals surface area contributed by atoms with Crippen LogP contribution in [0.4, 0.5) is 4.79 Å². The molecule has 0 bridgehead atoms. The van der Waals surface area contributed by atoms with E-state index in [1.807, 2.05) is 19.1 Å². The van der Waals surface area contributed by atoms with Crippen LogP contribution in [0.5, 0.6) is 0 Å². The van der Waals surface area contributed by atoms with E-state index in [1.165, 1.54) is 0 Å². The number of hydrogen-bond acceptors (Lipinski definition) is 3. The maximum Gasteiger partial charge on any atom is 0.315 e. The van der Waals surface area contributed by atoms with E-state index in [0.717, 1.165) is 5.56 Å². The first-order valence-electron chi connectivity index (χ1n) is 6.17. The first kappa shape index (κ1) is 14.9. The summed E-state index contributed by atoms with van der Waals surface area (Å²) in [6, 6.07) is 3.23. The van der Waals surface area contributed by atoms with Crippen LogP contribution in [0.15, 0.2) is 24.5 Å². The van der Waals surface area contributed by atoms with Crippen LogP contribution in [0.25, 0.3) is 0 Å². The SMILES string of the molecule is CC(CCNC(=O)NC(C)c1ccncc1)C(=O)O. The van der Waals surface area contributed by atoms with Gasteiger partial charge in [0.25, 0.3) is 0 Å². The molecule has 6 nitrogen and oxygen atoms in total.